The molecular formula is C22H20F12N4O8. The van der Waals surface area contributed by atoms with Gasteiger partial charge in [0.05, 0.1) is 0 Å². The predicted molar refractivity (Wildman–Crippen MR) is 118 cm³/mol. The fourth-order valence-electron chi connectivity index (χ4n) is 4.72. The Morgan fingerprint density at radius 2 is 0.848 bits per heavy atom. The van der Waals surface area contributed by atoms with Crippen LogP contribution in [0.2, 0.25) is 0 Å². The molecule has 46 heavy (non-hydrogen) atoms. The number of aliphatic carboxylic acids is 2. The molecule has 0 aromatic carbocycles. The number of carbonyl (C=O) groups excluding carboxylic acids is 4. The summed E-state index contributed by atoms with van der Waals surface area (Å²) in [5, 5.41) is 19.2. The number of carbonyl (C=O) groups is 6. The van der Waals surface area contributed by atoms with Crippen LogP contribution in [0.25, 0.3) is 0 Å². The zero-order valence-electron chi connectivity index (χ0n) is 22.3. The highest BCUT2D eigenvalue weighted by Crippen LogP contribution is 2.49. The Balaban J connectivity index is 0.000000250. The summed E-state index contributed by atoms with van der Waals surface area (Å²) in [7, 11) is 0. The van der Waals surface area contributed by atoms with E-state index >= 15 is 0 Å². The van der Waals surface area contributed by atoms with E-state index in [0.29, 0.717) is 36.3 Å². The largest absolute Gasteiger partial charge is 0.480 e. The number of hydrogen-bond donors (Lipinski definition) is 4. The maximum atomic E-state index is 12.9. The summed E-state index contributed by atoms with van der Waals surface area (Å²) in [5.74, 6) is -9.56. The van der Waals surface area contributed by atoms with E-state index in [2.05, 4.69) is 0 Å². The molecule has 2 aliphatic heterocycles. The van der Waals surface area contributed by atoms with Gasteiger partial charge in [0.1, 0.15) is 12.1 Å². The van der Waals surface area contributed by atoms with Gasteiger partial charge < -0.3 is 20.8 Å². The van der Waals surface area contributed by atoms with Crippen LogP contribution in [0, 0.1) is 11.8 Å². The molecule has 4 aliphatic rings. The minimum Gasteiger partial charge on any atom is -0.480 e. The molecule has 4 N–H and O–H groups in total. The van der Waals surface area contributed by atoms with Crippen LogP contribution in [0.4, 0.5) is 62.3 Å². The quantitative estimate of drug-likeness (QED) is 0.221. The van der Waals surface area contributed by atoms with Crippen LogP contribution >= 0.6 is 0 Å². The van der Waals surface area contributed by atoms with Crippen molar-refractivity contribution in [2.45, 2.75) is 86.4 Å². The summed E-state index contributed by atoms with van der Waals surface area (Å²) >= 11 is 0. The standard InChI is InChI=1S/2C11H10F6N2O4/c2*12-10(13,14)9(11(15,16)17)7(22)19(8(23)18-9)5(6(20)21)3-4-1-2-4/h2*4-5H,1-3H2,(H,18,23)(H,20,21)/t2*5-/m10/s1. The van der Waals surface area contributed by atoms with E-state index in [-0.39, 0.29) is 24.7 Å². The number of nitrogens with zero attached hydrogens (tertiary/aromatic N) is 2. The molecule has 2 heterocycles. The van der Waals surface area contributed by atoms with Crippen LogP contribution in [0.5, 0.6) is 0 Å². The van der Waals surface area contributed by atoms with Gasteiger partial charge in [0, 0.05) is 0 Å². The Morgan fingerprint density at radius 3 is 1.00 bits per heavy atom. The van der Waals surface area contributed by atoms with Crippen molar-refractivity contribution in [1.82, 2.24) is 20.4 Å². The Hall–Kier alpha value is -4.02. The lowest BCUT2D eigenvalue weighted by Crippen LogP contribution is -2.68. The molecule has 0 radical (unpaired) electrons. The van der Waals surface area contributed by atoms with Crippen LogP contribution in [0.3, 0.4) is 0 Å². The summed E-state index contributed by atoms with van der Waals surface area (Å²) in [6, 6.07) is -8.22. The van der Waals surface area contributed by atoms with E-state index in [4.69, 9.17) is 10.2 Å². The van der Waals surface area contributed by atoms with Gasteiger partial charge in [-0.15, -0.1) is 0 Å². The average molecular weight is 696 g/mol. The Morgan fingerprint density at radius 1 is 0.609 bits per heavy atom. The van der Waals surface area contributed by atoms with E-state index in [0.717, 1.165) is 0 Å². The molecule has 2 atom stereocenters. The van der Waals surface area contributed by atoms with Crippen LogP contribution in [-0.4, -0.2) is 104 Å². The van der Waals surface area contributed by atoms with Gasteiger partial charge in [0.25, 0.3) is 11.8 Å². The highest BCUT2D eigenvalue weighted by molar-refractivity contribution is 6.11. The monoisotopic (exact) mass is 696 g/mol. The molecule has 4 rings (SSSR count). The van der Waals surface area contributed by atoms with Crippen LogP contribution < -0.4 is 10.6 Å². The Labute approximate surface area is 247 Å². The van der Waals surface area contributed by atoms with E-state index in [1.807, 2.05) is 0 Å². The SMILES string of the molecule is O=C(O)[C@@H](CC1CC1)N1C(=O)NC(C(F)(F)F)(C(F)(F)F)C1=O.O=C(O)[C@H](CC1CC1)N1C(=O)NC(C(F)(F)F)(C(F)(F)F)C1=O. The number of carboxylic acids is 2. The number of urea groups is 2. The van der Waals surface area contributed by atoms with E-state index in [9.17, 15) is 81.5 Å². The van der Waals surface area contributed by atoms with E-state index < -0.39 is 93.5 Å². The molecule has 0 bridgehead atoms. The molecule has 6 amide bonds. The van der Waals surface area contributed by atoms with Crippen molar-refractivity contribution in [3.63, 3.8) is 0 Å². The molecule has 4 fully saturated rings. The topological polar surface area (TPSA) is 173 Å². The first-order chi connectivity index (χ1) is 20.7. The Bertz CT molecular complexity index is 1180. The summed E-state index contributed by atoms with van der Waals surface area (Å²) < 4.78 is 155. The molecule has 0 spiro atoms. The summed E-state index contributed by atoms with van der Waals surface area (Å²) in [6.45, 7) is 0. The second-order valence-electron chi connectivity index (χ2n) is 10.8. The van der Waals surface area contributed by atoms with Gasteiger partial charge >= 0.3 is 59.8 Å². The van der Waals surface area contributed by atoms with Crippen molar-refractivity contribution in [3.8, 4) is 0 Å². The number of nitrogens with one attached hydrogen (secondary N) is 2. The lowest BCUT2D eigenvalue weighted by Gasteiger charge is -2.31. The zero-order valence-corrected chi connectivity index (χ0v) is 22.3. The minimum atomic E-state index is -6.17. The highest BCUT2D eigenvalue weighted by atomic mass is 19.4. The fourth-order valence-corrected chi connectivity index (χ4v) is 4.72. The van der Waals surface area contributed by atoms with E-state index in [1.54, 1.807) is 0 Å². The van der Waals surface area contributed by atoms with Gasteiger partial charge in [-0.3, -0.25) is 9.59 Å². The fraction of sp³-hybridized carbons (Fsp3) is 0.727. The van der Waals surface area contributed by atoms with Crippen LogP contribution in [0.15, 0.2) is 0 Å². The van der Waals surface area contributed by atoms with Crippen molar-refractivity contribution in [2.24, 2.45) is 11.8 Å². The second kappa shape index (κ2) is 11.3. The number of hydrogen-bond acceptors (Lipinski definition) is 6. The lowest BCUT2D eigenvalue weighted by atomic mass is 9.97. The smallest absolute Gasteiger partial charge is 0.429 e. The van der Waals surface area contributed by atoms with Gasteiger partial charge in [-0.05, 0) is 24.7 Å². The van der Waals surface area contributed by atoms with Crippen molar-refractivity contribution in [2.75, 3.05) is 0 Å². The maximum absolute atomic E-state index is 12.9. The molecule has 0 aromatic rings. The van der Waals surface area contributed by atoms with Crippen molar-refractivity contribution >= 4 is 35.8 Å². The van der Waals surface area contributed by atoms with Gasteiger partial charge in [0.15, 0.2) is 0 Å². The number of amides is 6. The molecule has 2 saturated carbocycles. The number of rotatable bonds is 8. The first-order valence-electron chi connectivity index (χ1n) is 12.7. The molecule has 0 unspecified atom stereocenters. The Kier molecular flexibility index (Phi) is 8.99. The summed E-state index contributed by atoms with van der Waals surface area (Å²) in [6.07, 6.45) is -23.4. The van der Waals surface area contributed by atoms with Crippen LogP contribution in [0.1, 0.15) is 38.5 Å². The second-order valence-corrected chi connectivity index (χ2v) is 10.8. The lowest BCUT2D eigenvalue weighted by molar-refractivity contribution is -0.291. The number of halogens is 12. The summed E-state index contributed by atoms with van der Waals surface area (Å²) in [5.41, 5.74) is -10.3. The summed E-state index contributed by atoms with van der Waals surface area (Å²) in [4.78, 5) is 68.0. The molecule has 2 saturated heterocycles. The highest BCUT2D eigenvalue weighted by Gasteiger charge is 2.82. The van der Waals surface area contributed by atoms with Crippen molar-refractivity contribution in [1.29, 1.82) is 0 Å². The third-order valence-corrected chi connectivity index (χ3v) is 7.51. The predicted octanol–water partition coefficient (Wildman–Crippen LogP) is 3.31. The van der Waals surface area contributed by atoms with E-state index in [1.165, 1.54) is 0 Å². The first-order valence-corrected chi connectivity index (χ1v) is 12.7. The van der Waals surface area contributed by atoms with Crippen molar-refractivity contribution < 1.29 is 91.7 Å². The molecule has 0 aromatic heterocycles. The third-order valence-electron chi connectivity index (χ3n) is 7.51. The number of alkyl halides is 12. The number of carboxylic acid groups (broad SMARTS) is 2. The molecule has 260 valence electrons. The number of imide groups is 2. The van der Waals surface area contributed by atoms with Gasteiger partial charge in [-0.25, -0.2) is 29.0 Å². The zero-order chi connectivity index (χ0) is 35.6. The van der Waals surface area contributed by atoms with Gasteiger partial charge in [0.2, 0.25) is 0 Å². The molecule has 12 nitrogen and oxygen atoms in total. The molecular weight excluding hydrogens is 676 g/mol. The first kappa shape index (κ1) is 36.4. The van der Waals surface area contributed by atoms with Crippen molar-refractivity contribution in [3.05, 3.63) is 0 Å². The maximum Gasteiger partial charge on any atom is 0.429 e. The van der Waals surface area contributed by atoms with Gasteiger partial charge in [-0.2, -0.15) is 52.7 Å². The third kappa shape index (κ3) is 6.08. The van der Waals surface area contributed by atoms with Gasteiger partial charge in [-0.1, -0.05) is 25.7 Å². The molecule has 24 heteroatoms. The molecule has 2 aliphatic carbocycles. The average Bonchev–Trinajstić information content (AvgIpc) is 3.78. The van der Waals surface area contributed by atoms with Crippen LogP contribution in [-0.2, 0) is 19.2 Å². The normalized spacial score (nSPS) is 23.0. The minimum absolute atomic E-state index is 0.261.